The summed E-state index contributed by atoms with van der Waals surface area (Å²) in [4.78, 5) is 31.3. The van der Waals surface area contributed by atoms with Gasteiger partial charge in [-0.25, -0.2) is 4.31 Å². The number of phenolic OH excluding ortho intramolecular Hbond substituents is 2. The number of rotatable bonds is 4. The van der Waals surface area contributed by atoms with Crippen molar-refractivity contribution in [3.63, 3.8) is 0 Å². The Bertz CT molecular complexity index is 559. The summed E-state index contributed by atoms with van der Waals surface area (Å²) in [6, 6.07) is 14.4. The summed E-state index contributed by atoms with van der Waals surface area (Å²) in [5.74, 6) is 0.547. The van der Waals surface area contributed by atoms with E-state index in [0.29, 0.717) is 0 Å². The van der Waals surface area contributed by atoms with E-state index in [1.165, 1.54) is 0 Å². The smallest absolute Gasteiger partial charge is 0.334 e. The predicted octanol–water partition coefficient (Wildman–Crippen LogP) is 2.85. The van der Waals surface area contributed by atoms with Crippen LogP contribution >= 0.6 is 17.2 Å². The van der Waals surface area contributed by atoms with Crippen molar-refractivity contribution >= 4 is 17.2 Å². The van der Waals surface area contributed by atoms with Gasteiger partial charge >= 0.3 is 17.2 Å². The number of benzene rings is 2. The van der Waals surface area contributed by atoms with E-state index in [2.05, 4.69) is 18.2 Å². The van der Waals surface area contributed by atoms with Crippen LogP contribution in [-0.2, 0) is 9.73 Å². The molecule has 0 atom stereocenters. The minimum Gasteiger partial charge on any atom is -0.508 e. The highest BCUT2D eigenvalue weighted by molar-refractivity contribution is 7.53. The number of hydrogen-bond donors (Lipinski definition) is 6. The van der Waals surface area contributed by atoms with E-state index < -0.39 is 17.2 Å². The second-order valence-corrected chi connectivity index (χ2v) is 6.97. The van der Waals surface area contributed by atoms with Gasteiger partial charge in [0.25, 0.3) is 0 Å². The molecule has 0 radical (unpaired) electrons. The van der Waals surface area contributed by atoms with Gasteiger partial charge < -0.3 is 29.8 Å². The lowest BCUT2D eigenvalue weighted by molar-refractivity contribution is 0.324. The molecule has 0 spiro atoms. The van der Waals surface area contributed by atoms with Crippen LogP contribution in [-0.4, -0.2) is 29.8 Å². The van der Waals surface area contributed by atoms with Crippen molar-refractivity contribution in [2.75, 3.05) is 0 Å². The molecule has 0 saturated heterocycles. The Labute approximate surface area is 142 Å². The first kappa shape index (κ1) is 20.7. The molecule has 0 amide bonds. The highest BCUT2D eigenvalue weighted by atomic mass is 31.2. The van der Waals surface area contributed by atoms with E-state index in [1.54, 1.807) is 24.3 Å². The van der Waals surface area contributed by atoms with E-state index >= 15 is 0 Å². The van der Waals surface area contributed by atoms with Crippen LogP contribution < -0.4 is 0 Å². The highest BCUT2D eigenvalue weighted by Gasteiger charge is 2.22. The summed E-state index contributed by atoms with van der Waals surface area (Å²) >= 11 is 0. The minimum atomic E-state index is -2.61. The topological polar surface area (TPSA) is 131 Å². The lowest BCUT2D eigenvalue weighted by Crippen LogP contribution is -2.18. The molecule has 2 rings (SSSR count). The first-order chi connectivity index (χ1) is 11.1. The molecule has 2 aromatic rings. The molecule has 0 saturated carbocycles. The van der Waals surface area contributed by atoms with Gasteiger partial charge in [-0.15, -0.1) is 0 Å². The average Bonchev–Trinajstić information content (AvgIpc) is 2.47. The lowest BCUT2D eigenvalue weighted by Gasteiger charge is -2.26. The Kier molecular flexibility index (Phi) is 8.00. The van der Waals surface area contributed by atoms with Crippen LogP contribution in [0.2, 0.25) is 0 Å². The third kappa shape index (κ3) is 6.67. The van der Waals surface area contributed by atoms with Gasteiger partial charge in [-0.2, -0.15) is 0 Å². The van der Waals surface area contributed by atoms with Crippen molar-refractivity contribution in [1.29, 1.82) is 0 Å². The van der Waals surface area contributed by atoms with E-state index in [4.69, 9.17) is 19.6 Å². The van der Waals surface area contributed by atoms with Crippen LogP contribution in [0.4, 0.5) is 0 Å². The van der Waals surface area contributed by atoms with Crippen molar-refractivity contribution in [2.45, 2.75) is 19.3 Å². The minimum absolute atomic E-state index is 0.151. The Hall–Kier alpha value is -1.30. The van der Waals surface area contributed by atoms with Crippen LogP contribution in [0.5, 0.6) is 11.5 Å². The van der Waals surface area contributed by atoms with E-state index in [9.17, 15) is 10.2 Å². The molecule has 0 aliphatic rings. The third-order valence-corrected chi connectivity index (χ3v) is 4.49. The van der Waals surface area contributed by atoms with Gasteiger partial charge in [0.1, 0.15) is 11.5 Å². The zero-order valence-corrected chi connectivity index (χ0v) is 14.9. The van der Waals surface area contributed by atoms with Crippen molar-refractivity contribution in [3.05, 3.63) is 59.7 Å². The molecule has 6 N–H and O–H groups in total. The molecule has 0 bridgehead atoms. The van der Waals surface area contributed by atoms with Gasteiger partial charge in [-0.05, 0) is 35.4 Å². The summed E-state index contributed by atoms with van der Waals surface area (Å²) in [5, 5.41) is 18.6. The summed E-state index contributed by atoms with van der Waals surface area (Å²) in [6.07, 6.45) is 0. The third-order valence-electron chi connectivity index (χ3n) is 3.32. The Balaban J connectivity index is 0.000000351. The molecule has 0 unspecified atom stereocenters. The van der Waals surface area contributed by atoms with Gasteiger partial charge in [0.05, 0.1) is 0 Å². The van der Waals surface area contributed by atoms with Crippen LogP contribution in [0.25, 0.3) is 0 Å². The molecule has 0 heterocycles. The molecule has 24 heavy (non-hydrogen) atoms. The molecule has 7 nitrogen and oxygen atoms in total. The van der Waals surface area contributed by atoms with Gasteiger partial charge in [0.15, 0.2) is 0 Å². The first-order valence-electron chi connectivity index (χ1n) is 6.76. The van der Waals surface area contributed by atoms with Crippen LogP contribution in [0.15, 0.2) is 48.5 Å². The Morgan fingerprint density at radius 3 is 1.17 bits per heavy atom. The van der Waals surface area contributed by atoms with Crippen LogP contribution in [0.1, 0.15) is 25.0 Å². The summed E-state index contributed by atoms with van der Waals surface area (Å²) in [5.41, 5.74) is 2.10. The normalized spacial score (nSPS) is 11.3. The maximum absolute atomic E-state index is 9.30. The number of phenols is 2. The summed E-state index contributed by atoms with van der Waals surface area (Å²) in [6.45, 7) is 4.23. The molecule has 2 aromatic carbocycles. The second-order valence-electron chi connectivity index (χ2n) is 5.31. The van der Waals surface area contributed by atoms with Crippen LogP contribution in [0.3, 0.4) is 0 Å². The highest BCUT2D eigenvalue weighted by Crippen LogP contribution is 2.41. The number of aromatic hydroxyl groups is 2. The summed E-state index contributed by atoms with van der Waals surface area (Å²) in [7, 11) is -5.22. The SMILES string of the molecule is CC(C)(c1ccc(O)cc1)c1ccc(O)cc1.OP(O)OP(O)O. The largest absolute Gasteiger partial charge is 0.508 e. The zero-order chi connectivity index (χ0) is 18.3. The van der Waals surface area contributed by atoms with Crippen molar-refractivity contribution in [3.8, 4) is 11.5 Å². The summed E-state index contributed by atoms with van der Waals surface area (Å²) < 4.78 is 3.60. The first-order valence-corrected chi connectivity index (χ1v) is 9.09. The predicted molar refractivity (Wildman–Crippen MR) is 92.1 cm³/mol. The standard InChI is InChI=1S/C15H16O2.H4O5P2/c1-15(2,11-3-7-13(16)8-4-11)12-5-9-14(17)10-6-12;1-6(2)5-7(3)4/h3-10,16-17H,1-2H3;1-4H. The Morgan fingerprint density at radius 2 is 0.958 bits per heavy atom. The van der Waals surface area contributed by atoms with Gasteiger partial charge in [0.2, 0.25) is 0 Å². The second kappa shape index (κ2) is 9.25. The zero-order valence-electron chi connectivity index (χ0n) is 13.1. The molecular formula is C15H20O7P2. The molecule has 0 aromatic heterocycles. The quantitative estimate of drug-likeness (QED) is 0.454. The van der Waals surface area contributed by atoms with E-state index in [1.807, 2.05) is 24.3 Å². The lowest BCUT2D eigenvalue weighted by atomic mass is 9.78. The van der Waals surface area contributed by atoms with Crippen molar-refractivity contribution < 1.29 is 34.1 Å². The monoisotopic (exact) mass is 374 g/mol. The fraction of sp³-hybridized carbons (Fsp3) is 0.200. The van der Waals surface area contributed by atoms with Gasteiger partial charge in [-0.3, -0.25) is 0 Å². The fourth-order valence-corrected chi connectivity index (χ4v) is 2.51. The number of hydrogen-bond acceptors (Lipinski definition) is 7. The van der Waals surface area contributed by atoms with E-state index in [-0.39, 0.29) is 16.9 Å². The molecular weight excluding hydrogens is 354 g/mol. The Morgan fingerprint density at radius 1 is 0.667 bits per heavy atom. The van der Waals surface area contributed by atoms with E-state index in [0.717, 1.165) is 11.1 Å². The maximum atomic E-state index is 9.30. The molecule has 9 heteroatoms. The molecule has 0 aliphatic carbocycles. The fourth-order valence-electron chi connectivity index (χ4n) is 1.99. The van der Waals surface area contributed by atoms with Gasteiger partial charge in [0, 0.05) is 5.41 Å². The van der Waals surface area contributed by atoms with Gasteiger partial charge in [-0.1, -0.05) is 38.1 Å². The average molecular weight is 374 g/mol. The van der Waals surface area contributed by atoms with Crippen LogP contribution in [0, 0.1) is 0 Å². The van der Waals surface area contributed by atoms with Crippen molar-refractivity contribution in [1.82, 2.24) is 0 Å². The molecule has 0 aliphatic heterocycles. The molecule has 132 valence electrons. The maximum Gasteiger partial charge on any atom is 0.334 e. The van der Waals surface area contributed by atoms with Crippen molar-refractivity contribution in [2.24, 2.45) is 0 Å². The molecule has 0 fully saturated rings.